The number of nitrogens with zero attached hydrogens (tertiary/aromatic N) is 1. The average Bonchev–Trinajstić information content (AvgIpc) is 3.76. The Bertz CT molecular complexity index is 1440. The maximum Gasteiger partial charge on any atom is 0.264 e. The van der Waals surface area contributed by atoms with E-state index in [9.17, 15) is 38.1 Å². The van der Waals surface area contributed by atoms with Crippen molar-refractivity contribution in [2.75, 3.05) is 19.3 Å². The first-order valence-corrected chi connectivity index (χ1v) is 15.6. The second-order valence-electron chi connectivity index (χ2n) is 11.4. The van der Waals surface area contributed by atoms with Gasteiger partial charge in [-0.25, -0.2) is 0 Å². The van der Waals surface area contributed by atoms with Crippen molar-refractivity contribution in [2.45, 2.75) is 64.1 Å². The number of Topliss-reactive ketones (excluding diaryl/α,β-unsaturated/α-hetero) is 3. The van der Waals surface area contributed by atoms with E-state index in [0.717, 1.165) is 19.3 Å². The molecule has 222 valence electrons. The van der Waals surface area contributed by atoms with Gasteiger partial charge < -0.3 is 20.1 Å². The Hall–Kier alpha value is -2.90. The Morgan fingerprint density at radius 3 is 2.10 bits per heavy atom. The van der Waals surface area contributed by atoms with Gasteiger partial charge in [-0.1, -0.05) is 24.3 Å². The zero-order valence-corrected chi connectivity index (χ0v) is 24.0. The van der Waals surface area contributed by atoms with Crippen LogP contribution in [0.15, 0.2) is 24.3 Å². The first-order chi connectivity index (χ1) is 19.3. The molecule has 6 rings (SSSR count). The van der Waals surface area contributed by atoms with E-state index in [2.05, 4.69) is 4.90 Å². The standard InChI is InChI=1S/C20H18O5.C9H17NO5S/c1-9(21)10-6-7-13-14(8-10)20(25)16-15(19(13)24)17(22)11-4-2-3-5-12(11)18(16)23;1-6-9(15-16(2,12)13)7(10-3-4-10)5-8(11)14-6/h2-5,10-12,24-25H,6-8H2,1H3;6-9,11H,3-5H2,1-2H3. The summed E-state index contributed by atoms with van der Waals surface area (Å²) in [6.45, 7) is 5.07. The molecular weight excluding hydrogens is 554 g/mol. The van der Waals surface area contributed by atoms with Gasteiger partial charge in [-0.2, -0.15) is 8.42 Å². The molecule has 2 heterocycles. The Labute approximate surface area is 238 Å². The SMILES string of the molecule is CC(=O)C1CCc2c(O)c3c(c(O)c2C1)C(=O)C1C=CC=CC1C3=O.CC1OC(O)CC(N2CC2)C1OS(C)(=O)=O. The summed E-state index contributed by atoms with van der Waals surface area (Å²) in [5.74, 6) is -2.66. The summed E-state index contributed by atoms with van der Waals surface area (Å²) in [5, 5.41) is 30.9. The number of phenolic OH excluding ortho intramolecular Hbond substituents is 2. The van der Waals surface area contributed by atoms with Crippen LogP contribution in [0.1, 0.15) is 58.5 Å². The van der Waals surface area contributed by atoms with Gasteiger partial charge in [0.1, 0.15) is 23.4 Å². The van der Waals surface area contributed by atoms with Crippen LogP contribution in [0.3, 0.4) is 0 Å². The number of carbonyl (C=O) groups is 3. The third-order valence-corrected chi connectivity index (χ3v) is 9.13. The van der Waals surface area contributed by atoms with Crippen LogP contribution < -0.4 is 0 Å². The minimum Gasteiger partial charge on any atom is -0.507 e. The third-order valence-electron chi connectivity index (χ3n) is 8.55. The fourth-order valence-corrected chi connectivity index (χ4v) is 7.06. The molecule has 2 aliphatic heterocycles. The molecule has 0 radical (unpaired) electrons. The van der Waals surface area contributed by atoms with Crippen LogP contribution in [-0.2, 0) is 36.7 Å². The number of aliphatic hydroxyl groups is 1. The van der Waals surface area contributed by atoms with Gasteiger partial charge in [-0.3, -0.25) is 23.5 Å². The lowest BCUT2D eigenvalue weighted by atomic mass is 9.69. The molecule has 0 saturated carbocycles. The molecule has 1 aromatic rings. The van der Waals surface area contributed by atoms with Gasteiger partial charge >= 0.3 is 0 Å². The van der Waals surface area contributed by atoms with Crippen molar-refractivity contribution in [3.63, 3.8) is 0 Å². The number of hydrogen-bond donors (Lipinski definition) is 3. The van der Waals surface area contributed by atoms with Crippen LogP contribution in [0.4, 0.5) is 0 Å². The van der Waals surface area contributed by atoms with E-state index < -0.39 is 40.5 Å². The van der Waals surface area contributed by atoms with Gasteiger partial charge in [0.15, 0.2) is 17.9 Å². The molecule has 7 atom stereocenters. The smallest absolute Gasteiger partial charge is 0.264 e. The van der Waals surface area contributed by atoms with Gasteiger partial charge in [0.25, 0.3) is 10.1 Å². The summed E-state index contributed by atoms with van der Waals surface area (Å²) >= 11 is 0. The molecule has 7 unspecified atom stereocenters. The van der Waals surface area contributed by atoms with Crippen molar-refractivity contribution in [2.24, 2.45) is 17.8 Å². The quantitative estimate of drug-likeness (QED) is 0.265. The predicted molar refractivity (Wildman–Crippen MR) is 146 cm³/mol. The molecule has 2 saturated heterocycles. The summed E-state index contributed by atoms with van der Waals surface area (Å²) < 4.78 is 32.6. The van der Waals surface area contributed by atoms with Crippen molar-refractivity contribution >= 4 is 27.5 Å². The fraction of sp³-hybridized carbons (Fsp3) is 0.552. The molecule has 3 N–H and O–H groups in total. The number of ether oxygens (including phenoxy) is 1. The molecule has 12 heteroatoms. The van der Waals surface area contributed by atoms with E-state index in [0.29, 0.717) is 30.4 Å². The maximum atomic E-state index is 12.9. The Morgan fingerprint density at radius 1 is 1.02 bits per heavy atom. The number of benzene rings is 1. The Morgan fingerprint density at radius 2 is 1.59 bits per heavy atom. The highest BCUT2D eigenvalue weighted by atomic mass is 32.2. The molecule has 0 bridgehead atoms. The van der Waals surface area contributed by atoms with Gasteiger partial charge in [-0.15, -0.1) is 0 Å². The van der Waals surface area contributed by atoms with Gasteiger partial charge in [0.05, 0.1) is 35.3 Å². The molecular formula is C29H35NO10S. The number of allylic oxidation sites excluding steroid dienone is 4. The largest absolute Gasteiger partial charge is 0.507 e. The lowest BCUT2D eigenvalue weighted by Gasteiger charge is -2.38. The summed E-state index contributed by atoms with van der Waals surface area (Å²) in [6, 6.07) is -0.0755. The predicted octanol–water partition coefficient (Wildman–Crippen LogP) is 1.67. The van der Waals surface area contributed by atoms with E-state index >= 15 is 0 Å². The third kappa shape index (κ3) is 5.76. The number of hydrogen-bond acceptors (Lipinski definition) is 11. The average molecular weight is 590 g/mol. The zero-order chi connectivity index (χ0) is 29.8. The van der Waals surface area contributed by atoms with Crippen molar-refractivity contribution in [1.82, 2.24) is 4.90 Å². The number of phenols is 2. The summed E-state index contributed by atoms with van der Waals surface area (Å²) in [7, 11) is -3.50. The van der Waals surface area contributed by atoms with Crippen LogP contribution >= 0.6 is 0 Å². The normalized spacial score (nSPS) is 32.3. The minimum absolute atomic E-state index is 0.0186. The van der Waals surface area contributed by atoms with E-state index in [1.165, 1.54) is 6.92 Å². The number of rotatable bonds is 4. The van der Waals surface area contributed by atoms with E-state index in [4.69, 9.17) is 8.92 Å². The molecule has 3 aliphatic carbocycles. The molecule has 41 heavy (non-hydrogen) atoms. The zero-order valence-electron chi connectivity index (χ0n) is 23.1. The number of aliphatic hydroxyl groups excluding tert-OH is 1. The maximum absolute atomic E-state index is 12.9. The van der Waals surface area contributed by atoms with Crippen LogP contribution in [0.5, 0.6) is 11.5 Å². The van der Waals surface area contributed by atoms with Crippen molar-refractivity contribution in [3.05, 3.63) is 46.6 Å². The van der Waals surface area contributed by atoms with Crippen LogP contribution in [-0.4, -0.2) is 89.9 Å². The Kier molecular flexibility index (Phi) is 7.99. The first-order valence-electron chi connectivity index (χ1n) is 13.8. The molecule has 1 aromatic carbocycles. The summed E-state index contributed by atoms with van der Waals surface area (Å²) in [6.07, 6.45) is 7.62. The van der Waals surface area contributed by atoms with Crippen LogP contribution in [0.25, 0.3) is 0 Å². The molecule has 11 nitrogen and oxygen atoms in total. The van der Waals surface area contributed by atoms with E-state index in [1.807, 2.05) is 0 Å². The topological polar surface area (TPSA) is 168 Å². The highest BCUT2D eigenvalue weighted by Crippen LogP contribution is 2.48. The highest BCUT2D eigenvalue weighted by molar-refractivity contribution is 7.86. The summed E-state index contributed by atoms with van der Waals surface area (Å²) in [5.41, 5.74) is 0.761. The van der Waals surface area contributed by atoms with Gasteiger partial charge in [0, 0.05) is 42.6 Å². The molecule has 0 spiro atoms. The lowest BCUT2D eigenvalue weighted by molar-refractivity contribution is -0.202. The number of ketones is 3. The van der Waals surface area contributed by atoms with Crippen molar-refractivity contribution < 1.29 is 47.0 Å². The van der Waals surface area contributed by atoms with Crippen LogP contribution in [0, 0.1) is 17.8 Å². The molecule has 2 fully saturated rings. The first kappa shape index (κ1) is 29.6. The van der Waals surface area contributed by atoms with Gasteiger partial charge in [0.2, 0.25) is 0 Å². The number of carbonyl (C=O) groups excluding carboxylic acids is 3. The molecule has 5 aliphatic rings. The number of aromatic hydroxyl groups is 2. The van der Waals surface area contributed by atoms with Crippen LogP contribution in [0.2, 0.25) is 0 Å². The number of fused-ring (bicyclic) bond motifs is 3. The second-order valence-corrected chi connectivity index (χ2v) is 13.0. The molecule has 0 aromatic heterocycles. The fourth-order valence-electron chi connectivity index (χ4n) is 6.37. The summed E-state index contributed by atoms with van der Waals surface area (Å²) in [4.78, 5) is 39.6. The van der Waals surface area contributed by atoms with Crippen molar-refractivity contribution in [1.29, 1.82) is 0 Å². The van der Waals surface area contributed by atoms with E-state index in [1.54, 1.807) is 31.2 Å². The van der Waals surface area contributed by atoms with E-state index in [-0.39, 0.29) is 58.4 Å². The monoisotopic (exact) mass is 589 g/mol. The van der Waals surface area contributed by atoms with Gasteiger partial charge in [-0.05, 0) is 33.1 Å². The second kappa shape index (κ2) is 11.1. The molecule has 0 amide bonds. The van der Waals surface area contributed by atoms with Crippen molar-refractivity contribution in [3.8, 4) is 11.5 Å². The highest BCUT2D eigenvalue weighted by Gasteiger charge is 2.46. The minimum atomic E-state index is -3.50. The lowest BCUT2D eigenvalue weighted by Crippen LogP contribution is -2.52. The Balaban J connectivity index is 0.000000182.